The molecule has 2 heterocycles. The van der Waals surface area contributed by atoms with Crippen LogP contribution in [0.2, 0.25) is 0 Å². The molecular formula is C16H14BrNO4S. The monoisotopic (exact) mass is 395 g/mol. The normalized spacial score (nSPS) is 13.6. The minimum atomic E-state index is -0.396. The molecule has 0 radical (unpaired) electrons. The van der Waals surface area contributed by atoms with E-state index in [0.717, 1.165) is 12.0 Å². The number of hydrogen-bond acceptors (Lipinski definition) is 6. The van der Waals surface area contributed by atoms with Crippen molar-refractivity contribution in [2.45, 2.75) is 26.2 Å². The largest absolute Gasteiger partial charge is 0.462 e. The molecule has 0 aliphatic heterocycles. The van der Waals surface area contributed by atoms with Crippen LogP contribution in [-0.4, -0.2) is 23.3 Å². The van der Waals surface area contributed by atoms with Gasteiger partial charge in [-0.1, -0.05) is 11.3 Å². The third-order valence-electron chi connectivity index (χ3n) is 3.46. The van der Waals surface area contributed by atoms with Crippen LogP contribution in [0.4, 0.5) is 0 Å². The zero-order valence-corrected chi connectivity index (χ0v) is 14.8. The van der Waals surface area contributed by atoms with Crippen molar-refractivity contribution in [2.24, 2.45) is 0 Å². The van der Waals surface area contributed by atoms with Gasteiger partial charge in [0.2, 0.25) is 0 Å². The fourth-order valence-corrected chi connectivity index (χ4v) is 3.84. The lowest BCUT2D eigenvalue weighted by atomic mass is 9.92. The molecule has 0 amide bonds. The maximum absolute atomic E-state index is 12.3. The molecule has 0 saturated heterocycles. The Bertz CT molecular complexity index is 754. The summed E-state index contributed by atoms with van der Waals surface area (Å²) >= 11 is 4.43. The molecule has 2 aromatic heterocycles. The molecule has 0 atom stereocenters. The van der Waals surface area contributed by atoms with E-state index in [2.05, 4.69) is 20.9 Å². The molecule has 0 spiro atoms. The summed E-state index contributed by atoms with van der Waals surface area (Å²) in [4.78, 5) is 29.0. The van der Waals surface area contributed by atoms with Gasteiger partial charge >= 0.3 is 5.97 Å². The summed E-state index contributed by atoms with van der Waals surface area (Å²) < 4.78 is 11.6. The lowest BCUT2D eigenvalue weighted by molar-refractivity contribution is 0.0531. The van der Waals surface area contributed by atoms with Crippen LogP contribution in [0, 0.1) is 0 Å². The number of esters is 1. The van der Waals surface area contributed by atoms with Crippen LogP contribution >= 0.6 is 27.3 Å². The Morgan fingerprint density at radius 3 is 2.91 bits per heavy atom. The fourth-order valence-electron chi connectivity index (χ4n) is 2.48. The standard InChI is InChI=1S/C16H14BrNO4S/c1-2-21-15(20)14-10-4-3-5-11(19)13(10)16(23-14)22-9-6-7-12(17)18-8-9/h6-8H,2-5H2,1H3. The number of nitrogens with zero attached hydrogens (tertiary/aromatic N) is 1. The number of halogens is 1. The van der Waals surface area contributed by atoms with Gasteiger partial charge in [0.15, 0.2) is 10.8 Å². The van der Waals surface area contributed by atoms with Crippen molar-refractivity contribution in [3.63, 3.8) is 0 Å². The molecule has 0 saturated carbocycles. The highest BCUT2D eigenvalue weighted by Crippen LogP contribution is 2.42. The number of ketones is 1. The van der Waals surface area contributed by atoms with Gasteiger partial charge in [-0.05, 0) is 53.4 Å². The Kier molecular flexibility index (Phi) is 4.77. The summed E-state index contributed by atoms with van der Waals surface area (Å²) in [7, 11) is 0. The van der Waals surface area contributed by atoms with Crippen molar-refractivity contribution in [2.75, 3.05) is 6.61 Å². The fraction of sp³-hybridized carbons (Fsp3) is 0.312. The highest BCUT2D eigenvalue weighted by atomic mass is 79.9. The lowest BCUT2D eigenvalue weighted by Gasteiger charge is -2.13. The van der Waals surface area contributed by atoms with E-state index < -0.39 is 5.97 Å². The minimum absolute atomic E-state index is 0.0121. The van der Waals surface area contributed by atoms with Gasteiger partial charge in [-0.3, -0.25) is 4.79 Å². The molecule has 2 aromatic rings. The average Bonchev–Trinajstić information content (AvgIpc) is 2.90. The van der Waals surface area contributed by atoms with Gasteiger partial charge in [-0.15, -0.1) is 0 Å². The number of thiophene rings is 1. The Morgan fingerprint density at radius 2 is 2.22 bits per heavy atom. The smallest absolute Gasteiger partial charge is 0.348 e. The molecule has 0 unspecified atom stereocenters. The average molecular weight is 396 g/mol. The van der Waals surface area contributed by atoms with Crippen molar-refractivity contribution in [1.82, 2.24) is 4.98 Å². The van der Waals surface area contributed by atoms with Gasteiger partial charge in [0.25, 0.3) is 0 Å². The maximum atomic E-state index is 12.3. The topological polar surface area (TPSA) is 65.5 Å². The van der Waals surface area contributed by atoms with Crippen molar-refractivity contribution in [1.29, 1.82) is 0 Å². The molecule has 120 valence electrons. The summed E-state index contributed by atoms with van der Waals surface area (Å²) in [5.74, 6) is 0.136. The predicted molar refractivity (Wildman–Crippen MR) is 89.6 cm³/mol. The first-order valence-corrected chi connectivity index (χ1v) is 8.86. The van der Waals surface area contributed by atoms with Gasteiger partial charge < -0.3 is 9.47 Å². The van der Waals surface area contributed by atoms with Crippen LogP contribution < -0.4 is 4.74 Å². The molecule has 0 fully saturated rings. The quantitative estimate of drug-likeness (QED) is 0.567. The van der Waals surface area contributed by atoms with E-state index >= 15 is 0 Å². The Morgan fingerprint density at radius 1 is 1.39 bits per heavy atom. The first-order chi connectivity index (χ1) is 11.1. The first kappa shape index (κ1) is 16.1. The third kappa shape index (κ3) is 3.30. The van der Waals surface area contributed by atoms with E-state index in [1.165, 1.54) is 11.3 Å². The minimum Gasteiger partial charge on any atom is -0.462 e. The molecule has 23 heavy (non-hydrogen) atoms. The zero-order valence-electron chi connectivity index (χ0n) is 12.4. The van der Waals surface area contributed by atoms with E-state index in [1.807, 2.05) is 0 Å². The van der Waals surface area contributed by atoms with Crippen LogP contribution in [0.5, 0.6) is 10.8 Å². The third-order valence-corrected chi connectivity index (χ3v) is 5.01. The van der Waals surface area contributed by atoms with Crippen molar-refractivity contribution in [3.05, 3.63) is 38.9 Å². The molecule has 1 aliphatic rings. The molecule has 0 bridgehead atoms. The molecular weight excluding hydrogens is 382 g/mol. The number of ether oxygens (including phenoxy) is 2. The SMILES string of the molecule is CCOC(=O)c1sc(Oc2ccc(Br)nc2)c2c1CCCC2=O. The number of rotatable bonds is 4. The summed E-state index contributed by atoms with van der Waals surface area (Å²) in [6.07, 6.45) is 3.47. The number of aromatic nitrogens is 1. The van der Waals surface area contributed by atoms with Crippen molar-refractivity contribution >= 4 is 39.0 Å². The number of carbonyl (C=O) groups excluding carboxylic acids is 2. The van der Waals surface area contributed by atoms with Crippen LogP contribution in [0.3, 0.4) is 0 Å². The summed E-state index contributed by atoms with van der Waals surface area (Å²) in [5.41, 5.74) is 1.27. The van der Waals surface area contributed by atoms with Crippen molar-refractivity contribution < 1.29 is 19.1 Å². The highest BCUT2D eigenvalue weighted by molar-refractivity contribution is 9.10. The first-order valence-electron chi connectivity index (χ1n) is 7.25. The van der Waals surface area contributed by atoms with Gasteiger partial charge in [-0.25, -0.2) is 9.78 Å². The summed E-state index contributed by atoms with van der Waals surface area (Å²) in [6, 6.07) is 3.50. The molecule has 0 aromatic carbocycles. The maximum Gasteiger partial charge on any atom is 0.348 e. The molecule has 1 aliphatic carbocycles. The second-order valence-electron chi connectivity index (χ2n) is 4.99. The van der Waals surface area contributed by atoms with E-state index in [4.69, 9.17) is 9.47 Å². The molecule has 5 nitrogen and oxygen atoms in total. The lowest BCUT2D eigenvalue weighted by Crippen LogP contribution is -2.13. The molecule has 7 heteroatoms. The van der Waals surface area contributed by atoms with Crippen LogP contribution in [0.25, 0.3) is 0 Å². The van der Waals surface area contributed by atoms with E-state index in [9.17, 15) is 9.59 Å². The van der Waals surface area contributed by atoms with E-state index in [-0.39, 0.29) is 5.78 Å². The number of pyridine rings is 1. The van der Waals surface area contributed by atoms with Crippen LogP contribution in [0.1, 0.15) is 45.4 Å². The summed E-state index contributed by atoms with van der Waals surface area (Å²) in [6.45, 7) is 2.06. The highest BCUT2D eigenvalue weighted by Gasteiger charge is 2.31. The number of hydrogen-bond donors (Lipinski definition) is 0. The van der Waals surface area contributed by atoms with Crippen LogP contribution in [0.15, 0.2) is 22.9 Å². The van der Waals surface area contributed by atoms with E-state index in [0.29, 0.717) is 45.3 Å². The molecule has 3 rings (SSSR count). The van der Waals surface area contributed by atoms with E-state index in [1.54, 1.807) is 25.3 Å². The van der Waals surface area contributed by atoms with Gasteiger partial charge in [0, 0.05) is 6.42 Å². The van der Waals surface area contributed by atoms with Gasteiger partial charge in [0.05, 0.1) is 18.4 Å². The molecule has 0 N–H and O–H groups in total. The van der Waals surface area contributed by atoms with Crippen LogP contribution in [-0.2, 0) is 11.2 Å². The van der Waals surface area contributed by atoms with Crippen molar-refractivity contribution in [3.8, 4) is 10.8 Å². The Balaban J connectivity index is 2.00. The van der Waals surface area contributed by atoms with Gasteiger partial charge in [-0.2, -0.15) is 0 Å². The second-order valence-corrected chi connectivity index (χ2v) is 6.78. The predicted octanol–water partition coefficient (Wildman–Crippen LogP) is 4.39. The van der Waals surface area contributed by atoms with Gasteiger partial charge in [0.1, 0.15) is 15.2 Å². The Hall–Kier alpha value is -1.73. The number of Topliss-reactive ketones (excluding diaryl/α,β-unsaturated/α-hetero) is 1. The zero-order chi connectivity index (χ0) is 16.4. The number of fused-ring (bicyclic) bond motifs is 1. The summed E-state index contributed by atoms with van der Waals surface area (Å²) in [5, 5.41) is 0.442. The Labute approximate surface area is 145 Å². The second kappa shape index (κ2) is 6.80. The number of carbonyl (C=O) groups is 2.